The van der Waals surface area contributed by atoms with E-state index in [0.717, 1.165) is 0 Å². The SMILES string of the molecule is CC(=O)Nc1cccc(NC(=O)C2CC2C(=O)Nc2ccccc2F)c1. The quantitative estimate of drug-likeness (QED) is 0.770. The number of hydrogen-bond acceptors (Lipinski definition) is 3. The summed E-state index contributed by atoms with van der Waals surface area (Å²) >= 11 is 0. The van der Waals surface area contributed by atoms with Crippen molar-refractivity contribution in [3.63, 3.8) is 0 Å². The number of hydrogen-bond donors (Lipinski definition) is 3. The van der Waals surface area contributed by atoms with Gasteiger partial charge in [-0.25, -0.2) is 4.39 Å². The van der Waals surface area contributed by atoms with Gasteiger partial charge in [0.15, 0.2) is 0 Å². The molecule has 0 bridgehead atoms. The summed E-state index contributed by atoms with van der Waals surface area (Å²) in [6, 6.07) is 12.6. The van der Waals surface area contributed by atoms with Gasteiger partial charge in [-0.05, 0) is 36.8 Å². The first-order valence-electron chi connectivity index (χ1n) is 8.18. The summed E-state index contributed by atoms with van der Waals surface area (Å²) in [5.74, 6) is -2.31. The molecule has 2 aromatic carbocycles. The number of rotatable bonds is 5. The van der Waals surface area contributed by atoms with Crippen LogP contribution >= 0.6 is 0 Å². The average molecular weight is 355 g/mol. The van der Waals surface area contributed by atoms with E-state index >= 15 is 0 Å². The molecular formula is C19H18FN3O3. The van der Waals surface area contributed by atoms with E-state index in [0.29, 0.717) is 17.8 Å². The lowest BCUT2D eigenvalue weighted by atomic mass is 10.2. The Morgan fingerprint density at radius 2 is 1.50 bits per heavy atom. The Labute approximate surface area is 149 Å². The van der Waals surface area contributed by atoms with Crippen LogP contribution in [0.4, 0.5) is 21.5 Å². The molecular weight excluding hydrogens is 337 g/mol. The molecule has 1 aliphatic rings. The Bertz CT molecular complexity index is 869. The fraction of sp³-hybridized carbons (Fsp3) is 0.211. The highest BCUT2D eigenvalue weighted by Crippen LogP contribution is 2.40. The van der Waals surface area contributed by atoms with Crippen molar-refractivity contribution < 1.29 is 18.8 Å². The second-order valence-corrected chi connectivity index (χ2v) is 6.17. The lowest BCUT2D eigenvalue weighted by Crippen LogP contribution is -2.21. The normalized spacial score (nSPS) is 17.9. The third-order valence-electron chi connectivity index (χ3n) is 4.05. The van der Waals surface area contributed by atoms with Crippen LogP contribution in [0, 0.1) is 17.7 Å². The van der Waals surface area contributed by atoms with E-state index in [2.05, 4.69) is 16.0 Å². The largest absolute Gasteiger partial charge is 0.326 e. The van der Waals surface area contributed by atoms with Crippen LogP contribution in [0.1, 0.15) is 13.3 Å². The van der Waals surface area contributed by atoms with Gasteiger partial charge in [-0.2, -0.15) is 0 Å². The Morgan fingerprint density at radius 3 is 2.15 bits per heavy atom. The van der Waals surface area contributed by atoms with Gasteiger partial charge in [-0.1, -0.05) is 18.2 Å². The summed E-state index contributed by atoms with van der Waals surface area (Å²) in [5, 5.41) is 7.88. The number of carbonyl (C=O) groups is 3. The zero-order valence-electron chi connectivity index (χ0n) is 14.1. The topological polar surface area (TPSA) is 87.3 Å². The molecule has 1 saturated carbocycles. The van der Waals surface area contributed by atoms with Crippen LogP contribution < -0.4 is 16.0 Å². The van der Waals surface area contributed by atoms with Gasteiger partial charge < -0.3 is 16.0 Å². The second kappa shape index (κ2) is 7.35. The van der Waals surface area contributed by atoms with Gasteiger partial charge in [0.2, 0.25) is 17.7 Å². The summed E-state index contributed by atoms with van der Waals surface area (Å²) in [6.07, 6.45) is 0.414. The van der Waals surface area contributed by atoms with Gasteiger partial charge in [0.05, 0.1) is 17.5 Å². The maximum atomic E-state index is 13.6. The summed E-state index contributed by atoms with van der Waals surface area (Å²) in [6.45, 7) is 1.40. The average Bonchev–Trinajstić information content (AvgIpc) is 3.37. The minimum atomic E-state index is -0.516. The standard InChI is InChI=1S/C19H18FN3O3/c1-11(24)21-12-5-4-6-13(9-12)22-18(25)14-10-15(14)19(26)23-17-8-3-2-7-16(17)20/h2-9,14-15H,10H2,1H3,(H,21,24)(H,22,25)(H,23,26). The summed E-state index contributed by atoms with van der Waals surface area (Å²) in [4.78, 5) is 35.5. The molecule has 2 aromatic rings. The lowest BCUT2D eigenvalue weighted by Gasteiger charge is -2.08. The van der Waals surface area contributed by atoms with Crippen LogP contribution in [0.2, 0.25) is 0 Å². The maximum absolute atomic E-state index is 13.6. The third kappa shape index (κ3) is 4.24. The van der Waals surface area contributed by atoms with Gasteiger partial charge >= 0.3 is 0 Å². The zero-order valence-corrected chi connectivity index (χ0v) is 14.1. The predicted molar refractivity (Wildman–Crippen MR) is 96.0 cm³/mol. The highest BCUT2D eigenvalue weighted by atomic mass is 19.1. The van der Waals surface area contributed by atoms with Crippen LogP contribution in [0.5, 0.6) is 0 Å². The van der Waals surface area contributed by atoms with E-state index in [4.69, 9.17) is 0 Å². The van der Waals surface area contributed by atoms with Crippen molar-refractivity contribution in [1.82, 2.24) is 0 Å². The third-order valence-corrected chi connectivity index (χ3v) is 4.05. The minimum absolute atomic E-state index is 0.103. The number of amides is 3. The molecule has 0 spiro atoms. The van der Waals surface area contributed by atoms with Crippen molar-refractivity contribution in [2.75, 3.05) is 16.0 Å². The van der Waals surface area contributed by atoms with E-state index in [9.17, 15) is 18.8 Å². The first-order chi connectivity index (χ1) is 12.4. The number of nitrogens with one attached hydrogen (secondary N) is 3. The summed E-state index contributed by atoms with van der Waals surface area (Å²) < 4.78 is 13.6. The molecule has 0 saturated heterocycles. The molecule has 6 nitrogen and oxygen atoms in total. The molecule has 7 heteroatoms. The molecule has 0 aromatic heterocycles. The first-order valence-corrected chi connectivity index (χ1v) is 8.18. The molecule has 1 fully saturated rings. The first kappa shape index (κ1) is 17.6. The van der Waals surface area contributed by atoms with Crippen LogP contribution in [0.3, 0.4) is 0 Å². The van der Waals surface area contributed by atoms with Crippen LogP contribution in [0.25, 0.3) is 0 Å². The number of halogens is 1. The number of anilines is 3. The number of para-hydroxylation sites is 1. The minimum Gasteiger partial charge on any atom is -0.326 e. The van der Waals surface area contributed by atoms with E-state index < -0.39 is 17.7 Å². The summed E-state index contributed by atoms with van der Waals surface area (Å²) in [5.41, 5.74) is 1.20. The van der Waals surface area contributed by atoms with E-state index in [1.165, 1.54) is 25.1 Å². The molecule has 0 radical (unpaired) electrons. The van der Waals surface area contributed by atoms with E-state index in [1.54, 1.807) is 30.3 Å². The monoisotopic (exact) mass is 355 g/mol. The molecule has 0 aliphatic heterocycles. The van der Waals surface area contributed by atoms with E-state index in [1.807, 2.05) is 0 Å². The van der Waals surface area contributed by atoms with E-state index in [-0.39, 0.29) is 23.4 Å². The number of carbonyl (C=O) groups excluding carboxylic acids is 3. The van der Waals surface area contributed by atoms with Crippen molar-refractivity contribution in [1.29, 1.82) is 0 Å². The lowest BCUT2D eigenvalue weighted by molar-refractivity contribution is -0.122. The molecule has 26 heavy (non-hydrogen) atoms. The number of benzene rings is 2. The molecule has 2 unspecified atom stereocenters. The Balaban J connectivity index is 1.56. The van der Waals surface area contributed by atoms with Gasteiger partial charge in [0.1, 0.15) is 5.82 Å². The smallest absolute Gasteiger partial charge is 0.228 e. The van der Waals surface area contributed by atoms with Gasteiger partial charge in [0, 0.05) is 18.3 Å². The predicted octanol–water partition coefficient (Wildman–Crippen LogP) is 3.00. The highest BCUT2D eigenvalue weighted by Gasteiger charge is 2.48. The van der Waals surface area contributed by atoms with Crippen LogP contribution in [0.15, 0.2) is 48.5 Å². The molecule has 3 amide bonds. The molecule has 1 aliphatic carbocycles. The molecule has 0 heterocycles. The molecule has 2 atom stereocenters. The Hall–Kier alpha value is -3.22. The Kier molecular flexibility index (Phi) is 4.97. The summed E-state index contributed by atoms with van der Waals surface area (Å²) in [7, 11) is 0. The van der Waals surface area contributed by atoms with Crippen LogP contribution in [-0.2, 0) is 14.4 Å². The Morgan fingerprint density at radius 1 is 0.885 bits per heavy atom. The maximum Gasteiger partial charge on any atom is 0.228 e. The zero-order chi connectivity index (χ0) is 18.7. The van der Waals surface area contributed by atoms with Crippen molar-refractivity contribution in [2.24, 2.45) is 11.8 Å². The highest BCUT2D eigenvalue weighted by molar-refractivity contribution is 6.03. The molecule has 3 rings (SSSR count). The van der Waals surface area contributed by atoms with Gasteiger partial charge in [-0.3, -0.25) is 14.4 Å². The van der Waals surface area contributed by atoms with Crippen molar-refractivity contribution in [3.05, 3.63) is 54.3 Å². The van der Waals surface area contributed by atoms with Gasteiger partial charge in [0.25, 0.3) is 0 Å². The van der Waals surface area contributed by atoms with Crippen molar-refractivity contribution in [2.45, 2.75) is 13.3 Å². The van der Waals surface area contributed by atoms with Crippen molar-refractivity contribution in [3.8, 4) is 0 Å². The van der Waals surface area contributed by atoms with Gasteiger partial charge in [-0.15, -0.1) is 0 Å². The second-order valence-electron chi connectivity index (χ2n) is 6.17. The van der Waals surface area contributed by atoms with Crippen molar-refractivity contribution >= 4 is 34.8 Å². The van der Waals surface area contributed by atoms with Crippen LogP contribution in [-0.4, -0.2) is 17.7 Å². The molecule has 3 N–H and O–H groups in total. The fourth-order valence-corrected chi connectivity index (χ4v) is 2.68. The fourth-order valence-electron chi connectivity index (χ4n) is 2.68. The molecule has 134 valence electrons.